The van der Waals surface area contributed by atoms with Gasteiger partial charge in [-0.05, 0) is 29.8 Å². The smallest absolute Gasteiger partial charge is 0.270 e. The van der Waals surface area contributed by atoms with Crippen LogP contribution in [0.3, 0.4) is 0 Å². The van der Waals surface area contributed by atoms with Gasteiger partial charge in [-0.25, -0.2) is 4.39 Å². The normalized spacial score (nSPS) is 10.3. The summed E-state index contributed by atoms with van der Waals surface area (Å²) >= 11 is 6.55. The van der Waals surface area contributed by atoms with Crippen molar-refractivity contribution < 1.29 is 9.31 Å². The van der Waals surface area contributed by atoms with E-state index in [1.165, 1.54) is 18.2 Å². The Kier molecular flexibility index (Phi) is 4.72. The number of hydrogen-bond acceptors (Lipinski definition) is 3. The van der Waals surface area contributed by atoms with Crippen LogP contribution in [0.4, 0.5) is 15.8 Å². The van der Waals surface area contributed by atoms with Crippen LogP contribution in [0.25, 0.3) is 0 Å². The number of halogens is 3. The van der Waals surface area contributed by atoms with Crippen molar-refractivity contribution >= 4 is 43.2 Å². The van der Waals surface area contributed by atoms with Gasteiger partial charge in [0.15, 0.2) is 0 Å². The largest absolute Gasteiger partial charge is 0.379 e. The minimum Gasteiger partial charge on any atom is -0.379 e. The van der Waals surface area contributed by atoms with Crippen molar-refractivity contribution in [3.8, 4) is 0 Å². The summed E-state index contributed by atoms with van der Waals surface area (Å²) in [6.45, 7) is 0.353. The monoisotopic (exact) mass is 402 g/mol. The molecule has 0 spiro atoms. The number of anilines is 1. The summed E-state index contributed by atoms with van der Waals surface area (Å²) in [5.41, 5.74) is 1.17. The Bertz CT molecular complexity index is 665. The highest BCUT2D eigenvalue weighted by molar-refractivity contribution is 9.10. The van der Waals surface area contributed by atoms with E-state index in [1.807, 2.05) is 0 Å². The lowest BCUT2D eigenvalue weighted by Gasteiger charge is -2.09. The fourth-order valence-electron chi connectivity index (χ4n) is 1.62. The second-order valence-corrected chi connectivity index (χ2v) is 5.78. The third kappa shape index (κ3) is 3.55. The second-order valence-electron chi connectivity index (χ2n) is 4.01. The lowest BCUT2D eigenvalue weighted by Crippen LogP contribution is -2.02. The van der Waals surface area contributed by atoms with Crippen LogP contribution in [-0.2, 0) is 6.54 Å². The molecular weight excluding hydrogens is 395 g/mol. The second kappa shape index (κ2) is 6.32. The van der Waals surface area contributed by atoms with E-state index in [1.54, 1.807) is 18.2 Å². The van der Waals surface area contributed by atoms with Crippen LogP contribution in [0.5, 0.6) is 0 Å². The van der Waals surface area contributed by atoms with E-state index in [2.05, 4.69) is 37.2 Å². The van der Waals surface area contributed by atoms with Crippen LogP contribution in [0, 0.1) is 15.9 Å². The molecule has 0 aliphatic carbocycles. The third-order valence-electron chi connectivity index (χ3n) is 2.65. The maximum atomic E-state index is 13.6. The van der Waals surface area contributed by atoms with Gasteiger partial charge in [-0.1, -0.05) is 31.9 Å². The fourth-order valence-corrected chi connectivity index (χ4v) is 2.48. The number of nitrogens with one attached hydrogen (secondary N) is 1. The minimum atomic E-state index is -0.462. The van der Waals surface area contributed by atoms with Crippen LogP contribution >= 0.6 is 31.9 Å². The van der Waals surface area contributed by atoms with Crippen molar-refractivity contribution in [1.29, 1.82) is 0 Å². The van der Waals surface area contributed by atoms with Gasteiger partial charge in [0.2, 0.25) is 0 Å². The standard InChI is InChI=1S/C13H9Br2FN2O2/c14-9-2-4-12(16)13(5-9)17-7-8-1-3-10(18(19)20)6-11(8)15/h1-6,17H,7H2. The number of nitrogens with zero attached hydrogens (tertiary/aromatic N) is 1. The summed E-state index contributed by atoms with van der Waals surface area (Å²) < 4.78 is 14.9. The van der Waals surface area contributed by atoms with Crippen molar-refractivity contribution in [2.24, 2.45) is 0 Å². The summed E-state index contributed by atoms with van der Waals surface area (Å²) in [7, 11) is 0. The van der Waals surface area contributed by atoms with Crippen LogP contribution in [-0.4, -0.2) is 4.92 Å². The molecule has 0 unspecified atom stereocenters. The first-order valence-electron chi connectivity index (χ1n) is 5.59. The van der Waals surface area contributed by atoms with Gasteiger partial charge in [0, 0.05) is 27.6 Å². The van der Waals surface area contributed by atoms with E-state index >= 15 is 0 Å². The van der Waals surface area contributed by atoms with Crippen LogP contribution in [0.15, 0.2) is 45.3 Å². The van der Waals surface area contributed by atoms with Crippen molar-refractivity contribution in [1.82, 2.24) is 0 Å². The summed E-state index contributed by atoms with van der Waals surface area (Å²) in [5, 5.41) is 13.6. The minimum absolute atomic E-state index is 0.00858. The Labute approximate surface area is 131 Å². The highest BCUT2D eigenvalue weighted by Crippen LogP contribution is 2.25. The highest BCUT2D eigenvalue weighted by atomic mass is 79.9. The molecule has 0 atom stereocenters. The summed E-state index contributed by atoms with van der Waals surface area (Å²) in [6, 6.07) is 9.08. The molecule has 0 fully saturated rings. The first-order valence-corrected chi connectivity index (χ1v) is 7.17. The molecule has 2 rings (SSSR count). The van der Waals surface area contributed by atoms with Crippen molar-refractivity contribution in [3.63, 3.8) is 0 Å². The molecule has 0 saturated carbocycles. The zero-order chi connectivity index (χ0) is 14.7. The molecule has 0 aliphatic rings. The number of non-ortho nitro benzene ring substituents is 1. The number of hydrogen-bond donors (Lipinski definition) is 1. The van der Waals surface area contributed by atoms with Gasteiger partial charge in [-0.15, -0.1) is 0 Å². The van der Waals surface area contributed by atoms with Crippen molar-refractivity contribution in [3.05, 3.63) is 66.8 Å². The van der Waals surface area contributed by atoms with E-state index in [-0.39, 0.29) is 11.5 Å². The van der Waals surface area contributed by atoms with Crippen LogP contribution in [0.1, 0.15) is 5.56 Å². The average Bonchev–Trinajstić information content (AvgIpc) is 2.40. The van der Waals surface area contributed by atoms with E-state index in [0.717, 1.165) is 10.0 Å². The molecule has 0 radical (unpaired) electrons. The van der Waals surface area contributed by atoms with E-state index in [9.17, 15) is 14.5 Å². The van der Waals surface area contributed by atoms with E-state index in [4.69, 9.17) is 0 Å². The first kappa shape index (κ1) is 14.9. The molecule has 0 heterocycles. The molecule has 20 heavy (non-hydrogen) atoms. The lowest BCUT2D eigenvalue weighted by atomic mass is 10.2. The fraction of sp³-hybridized carbons (Fsp3) is 0.0769. The molecule has 104 valence electrons. The summed E-state index contributed by atoms with van der Waals surface area (Å²) in [6.07, 6.45) is 0. The predicted octanol–water partition coefficient (Wildman–Crippen LogP) is 4.87. The zero-order valence-corrected chi connectivity index (χ0v) is 13.2. The quantitative estimate of drug-likeness (QED) is 0.585. The Morgan fingerprint density at radius 1 is 1.20 bits per heavy atom. The molecule has 2 aromatic rings. The molecule has 4 nitrogen and oxygen atoms in total. The van der Waals surface area contributed by atoms with Crippen LogP contribution in [0.2, 0.25) is 0 Å². The van der Waals surface area contributed by atoms with Crippen molar-refractivity contribution in [2.75, 3.05) is 5.32 Å². The number of nitro benzene ring substituents is 1. The van der Waals surface area contributed by atoms with Gasteiger partial charge in [0.05, 0.1) is 10.6 Å². The zero-order valence-electron chi connectivity index (χ0n) is 10.1. The van der Waals surface area contributed by atoms with Gasteiger partial charge in [0.1, 0.15) is 5.82 Å². The van der Waals surface area contributed by atoms with Gasteiger partial charge < -0.3 is 5.32 Å². The molecule has 0 amide bonds. The molecule has 0 aliphatic heterocycles. The summed E-state index contributed by atoms with van der Waals surface area (Å²) in [5.74, 6) is -0.355. The third-order valence-corrected chi connectivity index (χ3v) is 3.88. The average molecular weight is 404 g/mol. The Hall–Kier alpha value is -1.47. The topological polar surface area (TPSA) is 55.2 Å². The lowest BCUT2D eigenvalue weighted by molar-refractivity contribution is -0.384. The van der Waals surface area contributed by atoms with Gasteiger partial charge in [-0.2, -0.15) is 0 Å². The van der Waals surface area contributed by atoms with Crippen molar-refractivity contribution in [2.45, 2.75) is 6.54 Å². The maximum Gasteiger partial charge on any atom is 0.270 e. The maximum absolute atomic E-state index is 13.6. The SMILES string of the molecule is O=[N+]([O-])c1ccc(CNc2cc(Br)ccc2F)c(Br)c1. The van der Waals surface area contributed by atoms with Gasteiger partial charge >= 0.3 is 0 Å². The van der Waals surface area contributed by atoms with Gasteiger partial charge in [-0.3, -0.25) is 10.1 Å². The molecule has 1 N–H and O–H groups in total. The highest BCUT2D eigenvalue weighted by Gasteiger charge is 2.09. The number of rotatable bonds is 4. The first-order chi connectivity index (χ1) is 9.47. The van der Waals surface area contributed by atoms with Gasteiger partial charge in [0.25, 0.3) is 5.69 Å². The molecule has 2 aromatic carbocycles. The Morgan fingerprint density at radius 2 is 1.95 bits per heavy atom. The van der Waals surface area contributed by atoms with E-state index < -0.39 is 4.92 Å². The molecule has 0 saturated heterocycles. The molecule has 0 aromatic heterocycles. The number of benzene rings is 2. The summed E-state index contributed by atoms with van der Waals surface area (Å²) in [4.78, 5) is 10.2. The van der Waals surface area contributed by atoms with E-state index in [0.29, 0.717) is 16.7 Å². The Balaban J connectivity index is 2.15. The predicted molar refractivity (Wildman–Crippen MR) is 82.2 cm³/mol. The number of nitro groups is 1. The molecule has 7 heteroatoms. The Morgan fingerprint density at radius 3 is 2.60 bits per heavy atom. The molecule has 0 bridgehead atoms. The molecular formula is C13H9Br2FN2O2. The van der Waals surface area contributed by atoms with Crippen LogP contribution < -0.4 is 5.32 Å².